The standard InChI is InChI=1S/C17H23ClN2O2/c1-2-9-20-10-7-15(8-11-20)19-17(22)12-16(21)13-3-5-14(18)6-4-13/h2-6,15-16,21H,1,7-12H2,(H,19,22). The summed E-state index contributed by atoms with van der Waals surface area (Å²) < 4.78 is 0. The van der Waals surface area contributed by atoms with E-state index in [0.29, 0.717) is 10.6 Å². The van der Waals surface area contributed by atoms with Crippen molar-refractivity contribution in [2.45, 2.75) is 31.4 Å². The summed E-state index contributed by atoms with van der Waals surface area (Å²) in [6.45, 7) is 6.58. The van der Waals surface area contributed by atoms with Gasteiger partial charge in [0.1, 0.15) is 0 Å². The number of likely N-dealkylation sites (tertiary alicyclic amines) is 1. The lowest BCUT2D eigenvalue weighted by molar-refractivity contribution is -0.124. The Kier molecular flexibility index (Phi) is 6.43. The molecule has 0 saturated carbocycles. The largest absolute Gasteiger partial charge is 0.388 e. The number of halogens is 1. The van der Waals surface area contributed by atoms with Gasteiger partial charge >= 0.3 is 0 Å². The second-order valence-corrected chi connectivity index (χ2v) is 6.14. The first-order valence-corrected chi connectivity index (χ1v) is 8.02. The fourth-order valence-electron chi connectivity index (χ4n) is 2.71. The molecule has 1 heterocycles. The van der Waals surface area contributed by atoms with Crippen molar-refractivity contribution in [3.05, 3.63) is 47.5 Å². The lowest BCUT2D eigenvalue weighted by Crippen LogP contribution is -2.44. The molecular formula is C17H23ClN2O2. The Morgan fingerprint density at radius 1 is 1.41 bits per heavy atom. The predicted octanol–water partition coefficient (Wildman–Crippen LogP) is 2.53. The lowest BCUT2D eigenvalue weighted by Gasteiger charge is -2.31. The molecule has 0 aromatic heterocycles. The summed E-state index contributed by atoms with van der Waals surface area (Å²) in [5.74, 6) is -0.107. The Morgan fingerprint density at radius 3 is 2.64 bits per heavy atom. The first-order chi connectivity index (χ1) is 10.6. The molecule has 2 N–H and O–H groups in total. The number of piperidine rings is 1. The molecule has 1 unspecified atom stereocenters. The molecule has 2 rings (SSSR count). The van der Waals surface area contributed by atoms with Gasteiger partial charge in [-0.2, -0.15) is 0 Å². The van der Waals surface area contributed by atoms with Crippen molar-refractivity contribution in [3.8, 4) is 0 Å². The highest BCUT2D eigenvalue weighted by Crippen LogP contribution is 2.19. The molecule has 1 saturated heterocycles. The van der Waals surface area contributed by atoms with Crippen LogP contribution >= 0.6 is 11.6 Å². The summed E-state index contributed by atoms with van der Waals surface area (Å²) in [5.41, 5.74) is 0.709. The van der Waals surface area contributed by atoms with Crippen LogP contribution in [0.5, 0.6) is 0 Å². The molecule has 5 heteroatoms. The molecule has 1 atom stereocenters. The second-order valence-electron chi connectivity index (χ2n) is 5.70. The average Bonchev–Trinajstić information content (AvgIpc) is 2.50. The first-order valence-electron chi connectivity index (χ1n) is 7.64. The van der Waals surface area contributed by atoms with Gasteiger partial charge in [-0.15, -0.1) is 6.58 Å². The highest BCUT2D eigenvalue weighted by Gasteiger charge is 2.21. The molecule has 1 aromatic rings. The molecule has 4 nitrogen and oxygen atoms in total. The summed E-state index contributed by atoms with van der Waals surface area (Å²) >= 11 is 5.81. The van der Waals surface area contributed by atoms with Gasteiger partial charge in [-0.05, 0) is 30.5 Å². The smallest absolute Gasteiger partial charge is 0.223 e. The molecule has 120 valence electrons. The Bertz CT molecular complexity index is 496. The zero-order chi connectivity index (χ0) is 15.9. The van der Waals surface area contributed by atoms with Crippen LogP contribution in [0.3, 0.4) is 0 Å². The third-order valence-electron chi connectivity index (χ3n) is 3.97. The van der Waals surface area contributed by atoms with Gasteiger partial charge in [0.2, 0.25) is 5.91 Å². The summed E-state index contributed by atoms with van der Waals surface area (Å²) in [4.78, 5) is 14.4. The van der Waals surface area contributed by atoms with Crippen LogP contribution in [0.25, 0.3) is 0 Å². The topological polar surface area (TPSA) is 52.6 Å². The average molecular weight is 323 g/mol. The van der Waals surface area contributed by atoms with Crippen molar-refractivity contribution in [2.24, 2.45) is 0 Å². The van der Waals surface area contributed by atoms with Gasteiger partial charge in [0, 0.05) is 30.7 Å². The lowest BCUT2D eigenvalue weighted by atomic mass is 10.0. The number of amides is 1. The zero-order valence-corrected chi connectivity index (χ0v) is 13.4. The third-order valence-corrected chi connectivity index (χ3v) is 4.23. The molecule has 0 spiro atoms. The van der Waals surface area contributed by atoms with Gasteiger partial charge in [0.25, 0.3) is 0 Å². The van der Waals surface area contributed by atoms with E-state index in [1.54, 1.807) is 24.3 Å². The maximum absolute atomic E-state index is 12.0. The number of aliphatic hydroxyl groups excluding tert-OH is 1. The predicted molar refractivity (Wildman–Crippen MR) is 88.8 cm³/mol. The van der Waals surface area contributed by atoms with Crippen molar-refractivity contribution in [1.29, 1.82) is 0 Å². The number of aliphatic hydroxyl groups is 1. The maximum atomic E-state index is 12.0. The summed E-state index contributed by atoms with van der Waals surface area (Å²) in [6.07, 6.45) is 3.07. The molecule has 1 fully saturated rings. The van der Waals surface area contributed by atoms with Gasteiger partial charge in [-0.1, -0.05) is 29.8 Å². The van der Waals surface area contributed by atoms with Crippen LogP contribution in [0.2, 0.25) is 5.02 Å². The minimum Gasteiger partial charge on any atom is -0.388 e. The van der Waals surface area contributed by atoms with Crippen molar-refractivity contribution in [3.63, 3.8) is 0 Å². The minimum absolute atomic E-state index is 0.0779. The van der Waals surface area contributed by atoms with Gasteiger partial charge < -0.3 is 10.4 Å². The monoisotopic (exact) mass is 322 g/mol. The van der Waals surface area contributed by atoms with E-state index in [4.69, 9.17) is 11.6 Å². The number of hydrogen-bond acceptors (Lipinski definition) is 3. The van der Waals surface area contributed by atoms with Crippen LogP contribution in [0, 0.1) is 0 Å². The van der Waals surface area contributed by atoms with E-state index in [1.165, 1.54) is 0 Å². The molecule has 1 aliphatic rings. The van der Waals surface area contributed by atoms with Crippen LogP contribution in [0.4, 0.5) is 0 Å². The highest BCUT2D eigenvalue weighted by atomic mass is 35.5. The minimum atomic E-state index is -0.793. The number of hydrogen-bond donors (Lipinski definition) is 2. The first kappa shape index (κ1) is 17.0. The molecule has 0 aliphatic carbocycles. The van der Waals surface area contributed by atoms with Crippen LogP contribution in [-0.2, 0) is 4.79 Å². The van der Waals surface area contributed by atoms with Crippen molar-refractivity contribution in [1.82, 2.24) is 10.2 Å². The third kappa shape index (κ3) is 5.13. The van der Waals surface area contributed by atoms with Crippen LogP contribution in [0.1, 0.15) is 30.9 Å². The fraction of sp³-hybridized carbons (Fsp3) is 0.471. The van der Waals surface area contributed by atoms with Crippen molar-refractivity contribution >= 4 is 17.5 Å². The van der Waals surface area contributed by atoms with Crippen LogP contribution < -0.4 is 5.32 Å². The van der Waals surface area contributed by atoms with Gasteiger partial charge in [-0.25, -0.2) is 0 Å². The number of carbonyl (C=O) groups is 1. The zero-order valence-electron chi connectivity index (χ0n) is 12.7. The molecule has 22 heavy (non-hydrogen) atoms. The Hall–Kier alpha value is -1.36. The Morgan fingerprint density at radius 2 is 2.05 bits per heavy atom. The number of carbonyl (C=O) groups excluding carboxylic acids is 1. The molecule has 1 aromatic carbocycles. The van der Waals surface area contributed by atoms with Gasteiger partial charge in [0.15, 0.2) is 0 Å². The maximum Gasteiger partial charge on any atom is 0.223 e. The Balaban J connectivity index is 1.76. The van der Waals surface area contributed by atoms with E-state index in [-0.39, 0.29) is 18.4 Å². The summed E-state index contributed by atoms with van der Waals surface area (Å²) in [7, 11) is 0. The number of benzene rings is 1. The van der Waals surface area contributed by atoms with Gasteiger partial charge in [-0.3, -0.25) is 9.69 Å². The number of nitrogens with zero attached hydrogens (tertiary/aromatic N) is 1. The van der Waals surface area contributed by atoms with Crippen LogP contribution in [0.15, 0.2) is 36.9 Å². The normalized spacial score (nSPS) is 17.9. The fourth-order valence-corrected chi connectivity index (χ4v) is 2.83. The molecule has 1 aliphatic heterocycles. The summed E-state index contributed by atoms with van der Waals surface area (Å²) in [6, 6.07) is 7.12. The Labute approximate surface area is 136 Å². The molecule has 0 bridgehead atoms. The van der Waals surface area contributed by atoms with E-state index < -0.39 is 6.10 Å². The molecule has 1 amide bonds. The summed E-state index contributed by atoms with van der Waals surface area (Å²) in [5, 5.41) is 13.7. The quantitative estimate of drug-likeness (QED) is 0.791. The van der Waals surface area contributed by atoms with Crippen molar-refractivity contribution in [2.75, 3.05) is 19.6 Å². The van der Waals surface area contributed by atoms with Crippen LogP contribution in [-0.4, -0.2) is 41.6 Å². The molecular weight excluding hydrogens is 300 g/mol. The van der Waals surface area contributed by atoms with E-state index in [9.17, 15) is 9.90 Å². The molecule has 0 radical (unpaired) electrons. The second kappa shape index (κ2) is 8.32. The number of rotatable bonds is 6. The van der Waals surface area contributed by atoms with E-state index in [2.05, 4.69) is 16.8 Å². The van der Waals surface area contributed by atoms with E-state index in [1.807, 2.05) is 6.08 Å². The SMILES string of the molecule is C=CCN1CCC(NC(=O)CC(O)c2ccc(Cl)cc2)CC1. The highest BCUT2D eigenvalue weighted by molar-refractivity contribution is 6.30. The number of nitrogens with one attached hydrogen (secondary N) is 1. The van der Waals surface area contributed by atoms with Gasteiger partial charge in [0.05, 0.1) is 12.5 Å². The van der Waals surface area contributed by atoms with E-state index in [0.717, 1.165) is 32.5 Å². The van der Waals surface area contributed by atoms with E-state index >= 15 is 0 Å². The van der Waals surface area contributed by atoms with Crippen molar-refractivity contribution < 1.29 is 9.90 Å².